The normalized spacial score (nSPS) is 12.6. The molecule has 0 spiro atoms. The van der Waals surface area contributed by atoms with Crippen molar-refractivity contribution in [1.82, 2.24) is 4.98 Å². The quantitative estimate of drug-likeness (QED) is 0.902. The lowest BCUT2D eigenvalue weighted by Gasteiger charge is -2.00. The topological polar surface area (TPSA) is 76.2 Å². The van der Waals surface area contributed by atoms with E-state index in [2.05, 4.69) is 4.98 Å². The molecule has 0 bridgehead atoms. The largest absolute Gasteiger partial charge is 0.480 e. The molecule has 0 radical (unpaired) electrons. The fourth-order valence-corrected chi connectivity index (χ4v) is 3.10. The second-order valence-corrected chi connectivity index (χ2v) is 5.23. The summed E-state index contributed by atoms with van der Waals surface area (Å²) in [6.45, 7) is 0. The molecule has 1 unspecified atom stereocenters. The average molecular weight is 275 g/mol. The van der Waals surface area contributed by atoms with E-state index in [0.717, 1.165) is 9.88 Å². The molecule has 0 amide bonds. The van der Waals surface area contributed by atoms with Gasteiger partial charge in [-0.25, -0.2) is 4.98 Å². The zero-order valence-electron chi connectivity index (χ0n) is 7.88. The number of carbonyl (C=O) groups is 1. The molecule has 0 saturated heterocycles. The molecular formula is C9H7ClN2O2S2. The Morgan fingerprint density at radius 3 is 2.81 bits per heavy atom. The van der Waals surface area contributed by atoms with Crippen molar-refractivity contribution >= 4 is 40.2 Å². The van der Waals surface area contributed by atoms with Crippen LogP contribution in [0.5, 0.6) is 0 Å². The first kappa shape index (κ1) is 11.5. The summed E-state index contributed by atoms with van der Waals surface area (Å²) in [7, 11) is 0. The Morgan fingerprint density at radius 2 is 2.25 bits per heavy atom. The van der Waals surface area contributed by atoms with E-state index in [-0.39, 0.29) is 0 Å². The number of nitrogens with zero attached hydrogens (tertiary/aromatic N) is 1. The average Bonchev–Trinajstić information content (AvgIpc) is 2.84. The number of halogens is 1. The minimum Gasteiger partial charge on any atom is -0.480 e. The molecule has 0 fully saturated rings. The molecule has 7 heteroatoms. The van der Waals surface area contributed by atoms with Gasteiger partial charge in [0.1, 0.15) is 11.0 Å². The van der Waals surface area contributed by atoms with Crippen molar-refractivity contribution in [1.29, 1.82) is 0 Å². The van der Waals surface area contributed by atoms with Gasteiger partial charge in [-0.15, -0.1) is 22.7 Å². The van der Waals surface area contributed by atoms with Crippen molar-refractivity contribution in [2.24, 2.45) is 5.73 Å². The van der Waals surface area contributed by atoms with Gasteiger partial charge in [0.2, 0.25) is 0 Å². The number of hydrogen-bond donors (Lipinski definition) is 2. The fraction of sp³-hybridized carbons (Fsp3) is 0.111. The lowest BCUT2D eigenvalue weighted by atomic mass is 10.2. The van der Waals surface area contributed by atoms with Gasteiger partial charge in [0.15, 0.2) is 0 Å². The maximum atomic E-state index is 10.7. The van der Waals surface area contributed by atoms with Crippen LogP contribution in [0.1, 0.15) is 11.7 Å². The molecule has 0 aliphatic carbocycles. The summed E-state index contributed by atoms with van der Waals surface area (Å²) in [6, 6.07) is 0.724. The number of nitrogens with two attached hydrogens (primary N) is 1. The Morgan fingerprint density at radius 1 is 1.50 bits per heavy atom. The molecule has 0 aliphatic rings. The first-order valence-electron chi connectivity index (χ1n) is 4.26. The van der Waals surface area contributed by atoms with Gasteiger partial charge < -0.3 is 10.8 Å². The molecule has 0 saturated carbocycles. The van der Waals surface area contributed by atoms with Gasteiger partial charge in [0.05, 0.1) is 15.6 Å². The lowest BCUT2D eigenvalue weighted by molar-refractivity contribution is -0.138. The predicted molar refractivity (Wildman–Crippen MR) is 65.0 cm³/mol. The minimum atomic E-state index is -1.08. The number of thiophene rings is 1. The van der Waals surface area contributed by atoms with Gasteiger partial charge in [-0.1, -0.05) is 11.6 Å². The Labute approximate surface area is 104 Å². The number of hydrogen-bond acceptors (Lipinski definition) is 5. The van der Waals surface area contributed by atoms with Crippen LogP contribution in [0.25, 0.3) is 9.88 Å². The van der Waals surface area contributed by atoms with Crippen LogP contribution in [0.2, 0.25) is 5.02 Å². The lowest BCUT2D eigenvalue weighted by Crippen LogP contribution is -2.20. The fourth-order valence-electron chi connectivity index (χ4n) is 1.09. The molecule has 2 aromatic heterocycles. The van der Waals surface area contributed by atoms with E-state index < -0.39 is 12.0 Å². The Kier molecular flexibility index (Phi) is 3.25. The summed E-state index contributed by atoms with van der Waals surface area (Å²) in [5.74, 6) is -1.08. The van der Waals surface area contributed by atoms with Gasteiger partial charge in [-0.2, -0.15) is 0 Å². The summed E-state index contributed by atoms with van der Waals surface area (Å²) < 4.78 is 0. The van der Waals surface area contributed by atoms with Crippen molar-refractivity contribution in [3.63, 3.8) is 0 Å². The highest BCUT2D eigenvalue weighted by Crippen LogP contribution is 2.32. The number of aliphatic carboxylic acids is 1. The van der Waals surface area contributed by atoms with Gasteiger partial charge in [0.25, 0.3) is 0 Å². The van der Waals surface area contributed by atoms with Crippen LogP contribution in [-0.4, -0.2) is 16.1 Å². The Balaban J connectivity index is 2.29. The zero-order chi connectivity index (χ0) is 11.7. The summed E-state index contributed by atoms with van der Waals surface area (Å²) in [4.78, 5) is 15.8. The molecule has 4 nitrogen and oxygen atoms in total. The highest BCUT2D eigenvalue weighted by molar-refractivity contribution is 7.20. The van der Waals surface area contributed by atoms with Crippen molar-refractivity contribution in [2.45, 2.75) is 6.04 Å². The number of thiazole rings is 1. The molecule has 1 atom stereocenters. The monoisotopic (exact) mass is 274 g/mol. The number of aromatic nitrogens is 1. The van der Waals surface area contributed by atoms with E-state index in [1.54, 1.807) is 16.8 Å². The molecule has 0 aromatic carbocycles. The first-order valence-corrected chi connectivity index (χ1v) is 6.40. The highest BCUT2D eigenvalue weighted by Gasteiger charge is 2.18. The van der Waals surface area contributed by atoms with Crippen LogP contribution in [0, 0.1) is 0 Å². The molecule has 2 heterocycles. The maximum absolute atomic E-state index is 10.7. The van der Waals surface area contributed by atoms with Crippen LogP contribution in [0.3, 0.4) is 0 Å². The van der Waals surface area contributed by atoms with E-state index in [4.69, 9.17) is 22.4 Å². The SMILES string of the molecule is NC(C(=O)O)c1csc(-c2cc(Cl)cs2)n1. The summed E-state index contributed by atoms with van der Waals surface area (Å²) >= 11 is 8.62. The second kappa shape index (κ2) is 4.50. The Bertz CT molecular complexity index is 523. The Hall–Kier alpha value is -0.950. The summed E-state index contributed by atoms with van der Waals surface area (Å²) in [5, 5.41) is 13.6. The molecule has 16 heavy (non-hydrogen) atoms. The third-order valence-electron chi connectivity index (χ3n) is 1.88. The number of rotatable bonds is 3. The van der Waals surface area contributed by atoms with Crippen molar-refractivity contribution in [3.8, 4) is 9.88 Å². The predicted octanol–water partition coefficient (Wildman–Crippen LogP) is 2.61. The molecule has 2 aromatic rings. The molecule has 84 valence electrons. The van der Waals surface area contributed by atoms with Crippen LogP contribution in [-0.2, 0) is 4.79 Å². The smallest absolute Gasteiger partial charge is 0.326 e. The standard InChI is InChI=1S/C9H7ClN2O2S2/c10-4-1-6(15-2-4)8-12-5(3-16-8)7(11)9(13)14/h1-3,7H,11H2,(H,13,14). The van der Waals surface area contributed by atoms with E-state index in [9.17, 15) is 4.79 Å². The van der Waals surface area contributed by atoms with E-state index in [0.29, 0.717) is 10.7 Å². The summed E-state index contributed by atoms with van der Waals surface area (Å²) in [6.07, 6.45) is 0. The van der Waals surface area contributed by atoms with Crippen molar-refractivity contribution < 1.29 is 9.90 Å². The van der Waals surface area contributed by atoms with Crippen LogP contribution >= 0.6 is 34.3 Å². The van der Waals surface area contributed by atoms with E-state index >= 15 is 0 Å². The number of carboxylic acids is 1. The second-order valence-electron chi connectivity index (χ2n) is 3.02. The third kappa shape index (κ3) is 2.25. The van der Waals surface area contributed by atoms with Gasteiger partial charge in [0, 0.05) is 10.8 Å². The molecule has 0 aliphatic heterocycles. The van der Waals surface area contributed by atoms with E-state index in [1.807, 2.05) is 0 Å². The van der Waals surface area contributed by atoms with Crippen molar-refractivity contribution in [3.05, 3.63) is 27.5 Å². The molecule has 2 rings (SSSR count). The highest BCUT2D eigenvalue weighted by atomic mass is 35.5. The van der Waals surface area contributed by atoms with Crippen molar-refractivity contribution in [2.75, 3.05) is 0 Å². The minimum absolute atomic E-state index is 0.372. The van der Waals surface area contributed by atoms with Crippen LogP contribution < -0.4 is 5.73 Å². The van der Waals surface area contributed by atoms with Crippen LogP contribution in [0.4, 0.5) is 0 Å². The third-order valence-corrected chi connectivity index (χ3v) is 4.19. The molecule has 3 N–H and O–H groups in total. The van der Waals surface area contributed by atoms with Gasteiger partial charge in [-0.3, -0.25) is 4.79 Å². The number of carboxylic acid groups (broad SMARTS) is 1. The molecular weight excluding hydrogens is 268 g/mol. The zero-order valence-corrected chi connectivity index (χ0v) is 10.3. The van der Waals surface area contributed by atoms with Gasteiger partial charge in [-0.05, 0) is 6.07 Å². The first-order chi connectivity index (χ1) is 7.58. The van der Waals surface area contributed by atoms with Gasteiger partial charge >= 0.3 is 5.97 Å². The van der Waals surface area contributed by atoms with Crippen LogP contribution in [0.15, 0.2) is 16.8 Å². The maximum Gasteiger partial charge on any atom is 0.326 e. The van der Waals surface area contributed by atoms with E-state index in [1.165, 1.54) is 22.7 Å². The summed E-state index contributed by atoms with van der Waals surface area (Å²) in [5.41, 5.74) is 5.83.